The maximum Gasteiger partial charge on any atom is 0.323 e. The summed E-state index contributed by atoms with van der Waals surface area (Å²) in [6.45, 7) is 11.8. The summed E-state index contributed by atoms with van der Waals surface area (Å²) in [5.41, 5.74) is 3.05. The predicted octanol–water partition coefficient (Wildman–Crippen LogP) is 7.81. The van der Waals surface area contributed by atoms with Gasteiger partial charge in [-0.05, 0) is 61.3 Å². The number of anilines is 5. The second kappa shape index (κ2) is 20.0. The van der Waals surface area contributed by atoms with Crippen LogP contribution in [0, 0.1) is 0 Å². The second-order valence-corrected chi connectivity index (χ2v) is 16.9. The molecule has 1 aliphatic heterocycles. The largest absolute Gasteiger partial charge is 0.496 e. The van der Waals surface area contributed by atoms with Crippen LogP contribution in [0.2, 0.25) is 0 Å². The SMILES string of the molecule is COc1cc(Nc2cc(Oc3ccc(NC(=O)Nc4cc(C(C)(C)C)cc(NS(C)=O)c4OC)c4ccccc34)ccn2)cc(OC)c1C(=O)NCCCN1CCN(C)CC1. The first kappa shape index (κ1) is 44.5. The highest BCUT2D eigenvalue weighted by Crippen LogP contribution is 2.40. The van der Waals surface area contributed by atoms with Gasteiger partial charge in [0.2, 0.25) is 0 Å². The van der Waals surface area contributed by atoms with E-state index >= 15 is 0 Å². The first-order chi connectivity index (χ1) is 29.3. The number of aromatic nitrogens is 1. The molecule has 1 aliphatic rings. The molecule has 1 saturated heterocycles. The molecule has 0 bridgehead atoms. The van der Waals surface area contributed by atoms with Crippen LogP contribution in [-0.4, -0.2) is 105 Å². The van der Waals surface area contributed by atoms with Crippen LogP contribution in [0.25, 0.3) is 10.8 Å². The van der Waals surface area contributed by atoms with E-state index in [0.717, 1.165) is 55.5 Å². The highest BCUT2D eigenvalue weighted by Gasteiger charge is 2.23. The molecule has 0 aliphatic carbocycles. The molecule has 0 saturated carbocycles. The molecule has 6 rings (SSSR count). The van der Waals surface area contributed by atoms with E-state index in [4.69, 9.17) is 18.9 Å². The van der Waals surface area contributed by atoms with Crippen molar-refractivity contribution in [1.29, 1.82) is 0 Å². The summed E-state index contributed by atoms with van der Waals surface area (Å²) >= 11 is 0. The van der Waals surface area contributed by atoms with Gasteiger partial charge in [0.1, 0.15) is 45.4 Å². The van der Waals surface area contributed by atoms with E-state index in [0.29, 0.717) is 69.4 Å². The summed E-state index contributed by atoms with van der Waals surface area (Å²) in [5, 5.41) is 13.7. The first-order valence-corrected chi connectivity index (χ1v) is 21.6. The third-order valence-corrected chi connectivity index (χ3v) is 10.8. The Hall–Kier alpha value is -6.10. The van der Waals surface area contributed by atoms with Gasteiger partial charge < -0.3 is 54.7 Å². The number of benzene rings is 4. The van der Waals surface area contributed by atoms with Gasteiger partial charge in [-0.2, -0.15) is 0 Å². The van der Waals surface area contributed by atoms with Crippen molar-refractivity contribution in [3.05, 3.63) is 90.1 Å². The van der Waals surface area contributed by atoms with Gasteiger partial charge in [0.25, 0.3) is 5.91 Å². The van der Waals surface area contributed by atoms with Crippen molar-refractivity contribution in [1.82, 2.24) is 20.1 Å². The lowest BCUT2D eigenvalue weighted by atomic mass is 9.86. The van der Waals surface area contributed by atoms with Crippen LogP contribution in [0.5, 0.6) is 28.7 Å². The van der Waals surface area contributed by atoms with Crippen LogP contribution in [0.4, 0.5) is 33.4 Å². The lowest BCUT2D eigenvalue weighted by Crippen LogP contribution is -2.45. The number of nitrogens with zero attached hydrogens (tertiary/aromatic N) is 3. The zero-order valence-electron chi connectivity index (χ0n) is 36.1. The summed E-state index contributed by atoms with van der Waals surface area (Å²) < 4.78 is 38.4. The van der Waals surface area contributed by atoms with Crippen LogP contribution >= 0.6 is 0 Å². The highest BCUT2D eigenvalue weighted by atomic mass is 32.2. The smallest absolute Gasteiger partial charge is 0.323 e. The van der Waals surface area contributed by atoms with Crippen molar-refractivity contribution in [2.24, 2.45) is 0 Å². The van der Waals surface area contributed by atoms with E-state index in [1.165, 1.54) is 27.6 Å². The zero-order valence-corrected chi connectivity index (χ0v) is 36.9. The van der Waals surface area contributed by atoms with Gasteiger partial charge in [-0.25, -0.2) is 14.0 Å². The number of hydrogen-bond acceptors (Lipinski definition) is 11. The van der Waals surface area contributed by atoms with Gasteiger partial charge in [-0.3, -0.25) is 4.79 Å². The second-order valence-electron chi connectivity index (χ2n) is 15.8. The number of urea groups is 1. The number of pyridine rings is 1. The number of piperazine rings is 1. The summed E-state index contributed by atoms with van der Waals surface area (Å²) in [7, 11) is 5.30. The molecule has 16 heteroatoms. The van der Waals surface area contributed by atoms with Crippen molar-refractivity contribution in [3.63, 3.8) is 0 Å². The van der Waals surface area contributed by atoms with Crippen molar-refractivity contribution in [3.8, 4) is 28.7 Å². The Morgan fingerprint density at radius 2 is 1.48 bits per heavy atom. The minimum absolute atomic E-state index is 0.265. The van der Waals surface area contributed by atoms with E-state index in [-0.39, 0.29) is 11.3 Å². The van der Waals surface area contributed by atoms with Crippen molar-refractivity contribution in [2.45, 2.75) is 32.6 Å². The number of ether oxygens (including phenoxy) is 4. The maximum absolute atomic E-state index is 13.6. The number of hydrogen-bond donors (Lipinski definition) is 5. The fourth-order valence-corrected chi connectivity index (χ4v) is 7.50. The molecule has 324 valence electrons. The van der Waals surface area contributed by atoms with Gasteiger partial charge in [-0.15, -0.1) is 0 Å². The monoisotopic (exact) mass is 852 g/mol. The Morgan fingerprint density at radius 3 is 2.13 bits per heavy atom. The molecule has 3 amide bonds. The van der Waals surface area contributed by atoms with Crippen LogP contribution < -0.4 is 44.9 Å². The Bertz CT molecular complexity index is 2360. The number of nitrogens with one attached hydrogen (secondary N) is 5. The molecule has 1 fully saturated rings. The van der Waals surface area contributed by atoms with Crippen LogP contribution in [0.15, 0.2) is 79.0 Å². The Labute approximate surface area is 360 Å². The third kappa shape index (κ3) is 11.4. The molecule has 1 aromatic heterocycles. The Kier molecular flexibility index (Phi) is 14.6. The van der Waals surface area contributed by atoms with Gasteiger partial charge >= 0.3 is 6.03 Å². The molecular formula is C45H56N8O7S. The van der Waals surface area contributed by atoms with Crippen LogP contribution in [0.3, 0.4) is 0 Å². The van der Waals surface area contributed by atoms with E-state index in [1.807, 2.05) is 36.4 Å². The molecule has 15 nitrogen and oxygen atoms in total. The molecule has 1 atom stereocenters. The standard InChI is InChI=1S/C45H56N8O7S/c1-45(2,3)29-24-35(42(59-7)36(25-29)51-61(8)56)50-44(55)49-34-14-15-37(33-13-10-9-12-32(33)34)60-31-16-18-46-40(28-31)48-30-26-38(57-5)41(39(27-30)58-6)43(54)47-17-11-19-53-22-20-52(4)21-23-53/h9-10,12-16,18,24-28,51H,11,17,19-23H2,1-8H3,(H,46,48)(H,47,54)(H2,49,50,55). The van der Waals surface area contributed by atoms with Crippen LogP contribution in [0.1, 0.15) is 43.1 Å². The summed E-state index contributed by atoms with van der Waals surface area (Å²) in [4.78, 5) is 36.1. The quantitative estimate of drug-likeness (QED) is 0.0615. The number of methoxy groups -OCH3 is 3. The maximum atomic E-state index is 13.6. The minimum Gasteiger partial charge on any atom is -0.496 e. The van der Waals surface area contributed by atoms with Crippen molar-refractivity contribution < 1.29 is 32.7 Å². The molecule has 61 heavy (non-hydrogen) atoms. The molecule has 0 spiro atoms. The normalized spacial score (nSPS) is 13.8. The fourth-order valence-electron chi connectivity index (χ4n) is 7.04. The number of fused-ring (bicyclic) bond motifs is 1. The average molecular weight is 853 g/mol. The molecule has 4 aromatic carbocycles. The van der Waals surface area contributed by atoms with Crippen LogP contribution in [-0.2, 0) is 16.4 Å². The highest BCUT2D eigenvalue weighted by molar-refractivity contribution is 7.85. The molecule has 0 radical (unpaired) electrons. The molecule has 5 N–H and O–H groups in total. The van der Waals surface area contributed by atoms with Gasteiger partial charge in [0, 0.05) is 79.8 Å². The van der Waals surface area contributed by atoms with E-state index in [9.17, 15) is 13.8 Å². The molecular weight excluding hydrogens is 797 g/mol. The fraction of sp³-hybridized carbons (Fsp3) is 0.356. The van der Waals surface area contributed by atoms with E-state index in [1.54, 1.807) is 42.6 Å². The predicted molar refractivity (Wildman–Crippen MR) is 244 cm³/mol. The number of rotatable bonds is 16. The summed E-state index contributed by atoms with van der Waals surface area (Å²) in [5.74, 6) is 2.35. The number of carbonyl (C=O) groups excluding carboxylic acids is 2. The average Bonchev–Trinajstić information content (AvgIpc) is 3.23. The van der Waals surface area contributed by atoms with E-state index in [2.05, 4.69) is 68.6 Å². The molecule has 5 aromatic rings. The number of amides is 3. The minimum atomic E-state index is -1.37. The summed E-state index contributed by atoms with van der Waals surface area (Å²) in [6, 6.07) is 21.4. The lowest BCUT2D eigenvalue weighted by molar-refractivity contribution is 0.0943. The van der Waals surface area contributed by atoms with E-state index < -0.39 is 17.0 Å². The number of likely N-dealkylation sites (N-methyl/N-ethyl adjacent to an activating group) is 1. The van der Waals surface area contributed by atoms with Gasteiger partial charge in [0.15, 0.2) is 5.75 Å². The van der Waals surface area contributed by atoms with Gasteiger partial charge in [0.05, 0.1) is 38.4 Å². The third-order valence-electron chi connectivity index (χ3n) is 10.3. The number of carbonyl (C=O) groups is 2. The Morgan fingerprint density at radius 1 is 0.803 bits per heavy atom. The van der Waals surface area contributed by atoms with Crippen molar-refractivity contribution in [2.75, 3.05) is 94.6 Å². The molecule has 1 unspecified atom stereocenters. The molecule has 2 heterocycles. The van der Waals surface area contributed by atoms with Crippen molar-refractivity contribution >= 4 is 62.3 Å². The topological polar surface area (TPSA) is 168 Å². The first-order valence-electron chi connectivity index (χ1n) is 20.0. The zero-order chi connectivity index (χ0) is 43.7. The lowest BCUT2D eigenvalue weighted by Gasteiger charge is -2.32. The Balaban J connectivity index is 1.15. The van der Waals surface area contributed by atoms with Gasteiger partial charge in [-0.1, -0.05) is 45.0 Å². The summed E-state index contributed by atoms with van der Waals surface area (Å²) in [6.07, 6.45) is 3.99.